The molecule has 0 unspecified atom stereocenters. The maximum Gasteiger partial charge on any atom is 0.0708 e. The number of rotatable bonds is 5. The maximum absolute atomic E-state index is 9.08. The van der Waals surface area contributed by atoms with E-state index in [9.17, 15) is 0 Å². The molecule has 0 saturated carbocycles. The Labute approximate surface area is 186 Å². The molecule has 5 rings (SSSR count). The lowest BCUT2D eigenvalue weighted by Gasteiger charge is -2.13. The van der Waals surface area contributed by atoms with Gasteiger partial charge in [0, 0.05) is 14.5 Å². The van der Waals surface area contributed by atoms with Crippen LogP contribution in [0.2, 0.25) is 0 Å². The molecule has 0 N–H and O–H groups in total. The lowest BCUT2D eigenvalue weighted by atomic mass is 9.92. The first kappa shape index (κ1) is 16.8. The second-order valence-electron chi connectivity index (χ2n) is 7.41. The van der Waals surface area contributed by atoms with E-state index in [0.717, 1.165) is 33.5 Å². The highest BCUT2D eigenvalue weighted by Gasteiger charge is 2.10. The largest absolute Gasteiger partial charge is 0.256 e. The molecule has 0 saturated heterocycles. The van der Waals surface area contributed by atoms with Crippen LogP contribution >= 0.6 is 0 Å². The summed E-state index contributed by atoms with van der Waals surface area (Å²) in [6.45, 7) is 0. The van der Waals surface area contributed by atoms with Gasteiger partial charge < -0.3 is 0 Å². The van der Waals surface area contributed by atoms with Crippen molar-refractivity contribution in [3.63, 3.8) is 0 Å². The van der Waals surface area contributed by atoms with E-state index in [0.29, 0.717) is 11.1 Å². The predicted octanol–water partition coefficient (Wildman–Crippen LogP) is 7.67. The number of aromatic nitrogens is 1. The number of hydrogen-bond acceptors (Lipinski definition) is 1. The summed E-state index contributed by atoms with van der Waals surface area (Å²) in [5.41, 5.74) is 7.05. The molecule has 0 spiro atoms. The first-order valence-electron chi connectivity index (χ1n) is 11.4. The van der Waals surface area contributed by atoms with Gasteiger partial charge >= 0.3 is 0 Å². The third-order valence-electron chi connectivity index (χ3n) is 5.32. The molecular weight excluding hydrogens is 374 g/mol. The van der Waals surface area contributed by atoms with Crippen molar-refractivity contribution >= 4 is 0 Å². The van der Waals surface area contributed by atoms with Gasteiger partial charge in [-0.2, -0.15) is 0 Å². The summed E-state index contributed by atoms with van der Waals surface area (Å²) < 4.78 is 18.2. The molecule has 0 amide bonds. The molecule has 148 valence electrons. The fourth-order valence-corrected chi connectivity index (χ4v) is 3.75. The van der Waals surface area contributed by atoms with E-state index in [-0.39, 0.29) is 0 Å². The van der Waals surface area contributed by atoms with Crippen LogP contribution in [0.3, 0.4) is 0 Å². The Hall–Kier alpha value is -3.97. The number of benzene rings is 4. The molecule has 1 heteroatoms. The summed E-state index contributed by atoms with van der Waals surface area (Å²) in [6, 6.07) is 39.6. The van der Waals surface area contributed by atoms with Gasteiger partial charge in [-0.25, -0.2) is 0 Å². The molecule has 1 nitrogen and oxygen atoms in total. The summed E-state index contributed by atoms with van der Waals surface area (Å²) in [4.78, 5) is 4.61. The van der Waals surface area contributed by atoms with E-state index in [1.807, 2.05) is 109 Å². The molecule has 0 aliphatic carbocycles. The van der Waals surface area contributed by atoms with Gasteiger partial charge in [-0.15, -0.1) is 0 Å². The minimum absolute atomic E-state index is 0.629. The highest BCUT2D eigenvalue weighted by molar-refractivity contribution is 5.75. The molecule has 1 aromatic heterocycles. The molecule has 0 bridgehead atoms. The van der Waals surface area contributed by atoms with Gasteiger partial charge in [-0.1, -0.05) is 103 Å². The lowest BCUT2D eigenvalue weighted by Crippen LogP contribution is -1.94. The highest BCUT2D eigenvalue weighted by Crippen LogP contribution is 2.31. The maximum atomic E-state index is 9.08. The molecule has 0 atom stereocenters. The average molecular weight is 400 g/mol. The molecule has 0 radical (unpaired) electrons. The average Bonchev–Trinajstić information content (AvgIpc) is 2.90. The third-order valence-corrected chi connectivity index (χ3v) is 5.32. The monoisotopic (exact) mass is 399 g/mol. The zero-order chi connectivity index (χ0) is 22.7. The first-order chi connectivity index (χ1) is 16.1. The Morgan fingerprint density at radius 3 is 1.90 bits per heavy atom. The Morgan fingerprint density at radius 2 is 1.19 bits per heavy atom. The zero-order valence-electron chi connectivity index (χ0n) is 19.1. The van der Waals surface area contributed by atoms with Crippen LogP contribution in [0.5, 0.6) is 0 Å². The minimum Gasteiger partial charge on any atom is -0.256 e. The Balaban J connectivity index is 1.67. The number of pyridine rings is 1. The zero-order valence-corrected chi connectivity index (χ0v) is 17.1. The van der Waals surface area contributed by atoms with Crippen molar-refractivity contribution in [2.75, 3.05) is 0 Å². The van der Waals surface area contributed by atoms with Crippen molar-refractivity contribution in [3.8, 4) is 33.5 Å². The van der Waals surface area contributed by atoms with Crippen molar-refractivity contribution in [2.45, 2.75) is 6.37 Å². The molecular formula is C30H23N. The summed E-state index contributed by atoms with van der Waals surface area (Å²) >= 11 is 0. The van der Waals surface area contributed by atoms with Crippen LogP contribution in [0.4, 0.5) is 0 Å². The first-order valence-corrected chi connectivity index (χ1v) is 10.4. The Kier molecular flexibility index (Phi) is 4.77. The van der Waals surface area contributed by atoms with Gasteiger partial charge in [-0.05, 0) is 58.0 Å². The topological polar surface area (TPSA) is 12.9 Å². The second-order valence-corrected chi connectivity index (χ2v) is 7.41. The van der Waals surface area contributed by atoms with E-state index < -0.39 is 6.37 Å². The van der Waals surface area contributed by atoms with Crippen LogP contribution in [0.25, 0.3) is 33.5 Å². The predicted molar refractivity (Wildman–Crippen MR) is 130 cm³/mol. The summed E-state index contributed by atoms with van der Waals surface area (Å²) in [7, 11) is 0. The fourth-order valence-electron chi connectivity index (χ4n) is 3.75. The van der Waals surface area contributed by atoms with Crippen molar-refractivity contribution in [1.29, 1.82) is 0 Å². The number of nitrogens with zero attached hydrogens (tertiary/aromatic N) is 1. The summed E-state index contributed by atoms with van der Waals surface area (Å²) in [5, 5.41) is 0. The summed E-state index contributed by atoms with van der Waals surface area (Å²) in [5.74, 6) is 0. The van der Waals surface area contributed by atoms with Crippen molar-refractivity contribution in [3.05, 3.63) is 139 Å². The van der Waals surface area contributed by atoms with Gasteiger partial charge in [0.1, 0.15) is 0 Å². The van der Waals surface area contributed by atoms with Crippen LogP contribution in [0.1, 0.15) is 13.9 Å². The third kappa shape index (κ3) is 4.31. The molecule has 0 aliphatic rings. The highest BCUT2D eigenvalue weighted by atomic mass is 14.7. The smallest absolute Gasteiger partial charge is 0.0708 e. The van der Waals surface area contributed by atoms with E-state index in [1.54, 1.807) is 0 Å². The molecule has 4 aromatic carbocycles. The van der Waals surface area contributed by atoms with E-state index >= 15 is 0 Å². The molecule has 5 aromatic rings. The van der Waals surface area contributed by atoms with Gasteiger partial charge in [0.25, 0.3) is 0 Å². The van der Waals surface area contributed by atoms with Crippen LogP contribution in [0.15, 0.2) is 128 Å². The number of hydrogen-bond donors (Lipinski definition) is 0. The Morgan fingerprint density at radius 1 is 0.548 bits per heavy atom. The van der Waals surface area contributed by atoms with Crippen molar-refractivity contribution < 1.29 is 2.74 Å². The van der Waals surface area contributed by atoms with E-state index in [2.05, 4.69) is 23.2 Å². The molecule has 1 heterocycles. The fraction of sp³-hybridized carbons (Fsp3) is 0.0333. The normalized spacial score (nSPS) is 12.1. The quantitative estimate of drug-likeness (QED) is 0.295. The van der Waals surface area contributed by atoms with Crippen LogP contribution < -0.4 is 0 Å². The van der Waals surface area contributed by atoms with Gasteiger partial charge in [-0.3, -0.25) is 4.98 Å². The van der Waals surface area contributed by atoms with Crippen LogP contribution in [-0.4, -0.2) is 4.98 Å². The van der Waals surface area contributed by atoms with E-state index in [4.69, 9.17) is 2.74 Å². The minimum atomic E-state index is -1.67. The van der Waals surface area contributed by atoms with E-state index in [1.165, 1.54) is 0 Å². The second kappa shape index (κ2) is 8.81. The van der Waals surface area contributed by atoms with Crippen LogP contribution in [-0.2, 0) is 6.37 Å². The van der Waals surface area contributed by atoms with Crippen LogP contribution in [0, 0.1) is 0 Å². The van der Waals surface area contributed by atoms with Gasteiger partial charge in [0.2, 0.25) is 0 Å². The van der Waals surface area contributed by atoms with Gasteiger partial charge in [0.05, 0.1) is 5.69 Å². The summed E-state index contributed by atoms with van der Waals surface area (Å²) in [6.07, 6.45) is 0.147. The molecule has 31 heavy (non-hydrogen) atoms. The molecule has 0 fully saturated rings. The lowest BCUT2D eigenvalue weighted by molar-refractivity contribution is 1.19. The van der Waals surface area contributed by atoms with Crippen molar-refractivity contribution in [1.82, 2.24) is 4.98 Å². The SMILES string of the molecule is [2H]C([2H])(c1ccccc1)c1cc(-c2cc(-c3ccccc3)ccn2)ccc1-c1ccccc1. The Bertz CT molecular complexity index is 1360. The molecule has 0 aliphatic heterocycles. The standard InChI is InChI=1S/C30H23N/c1-4-10-23(11-5-1)20-28-21-27(16-17-29(28)25-14-8-3-9-15-25)30-22-26(18-19-31-30)24-12-6-2-7-13-24/h1-19,21-22H,20H2/i20D2. The van der Waals surface area contributed by atoms with Gasteiger partial charge in [0.15, 0.2) is 0 Å². The van der Waals surface area contributed by atoms with Crippen molar-refractivity contribution in [2.24, 2.45) is 0 Å².